The first-order valence-corrected chi connectivity index (χ1v) is 6.43. The molecular formula is C13H23NO2. The molecule has 0 N–H and O–H groups in total. The topological polar surface area (TPSA) is 29.5 Å². The van der Waals surface area contributed by atoms with E-state index < -0.39 is 0 Å². The molecule has 0 aromatic rings. The quantitative estimate of drug-likeness (QED) is 0.715. The van der Waals surface area contributed by atoms with E-state index in [1.807, 2.05) is 4.90 Å². The van der Waals surface area contributed by atoms with Crippen LogP contribution in [0.1, 0.15) is 33.1 Å². The van der Waals surface area contributed by atoms with Gasteiger partial charge >= 0.3 is 0 Å². The fraction of sp³-hybridized carbons (Fsp3) is 0.923. The summed E-state index contributed by atoms with van der Waals surface area (Å²) in [6, 6.07) is 0.291. The largest absolute Gasteiger partial charge is 0.383 e. The Morgan fingerprint density at radius 1 is 1.31 bits per heavy atom. The molecule has 2 unspecified atom stereocenters. The number of carbonyl (C=O) groups excluding carboxylic acids is 1. The first-order valence-electron chi connectivity index (χ1n) is 6.43. The van der Waals surface area contributed by atoms with Crippen LogP contribution >= 0.6 is 0 Å². The lowest BCUT2D eigenvalue weighted by Gasteiger charge is -2.29. The highest BCUT2D eigenvalue weighted by Gasteiger charge is 2.48. The van der Waals surface area contributed by atoms with Gasteiger partial charge in [-0.3, -0.25) is 4.79 Å². The number of fused-ring (bicyclic) bond motifs is 1. The molecule has 2 aliphatic rings. The second-order valence-corrected chi connectivity index (χ2v) is 5.54. The zero-order valence-corrected chi connectivity index (χ0v) is 10.6. The Labute approximate surface area is 98.1 Å². The molecule has 0 heterocycles. The predicted molar refractivity (Wildman–Crippen MR) is 63.0 cm³/mol. The number of ether oxygens (including phenoxy) is 1. The van der Waals surface area contributed by atoms with Gasteiger partial charge in [0.05, 0.1) is 6.61 Å². The van der Waals surface area contributed by atoms with Gasteiger partial charge in [-0.25, -0.2) is 0 Å². The van der Waals surface area contributed by atoms with Gasteiger partial charge < -0.3 is 9.64 Å². The van der Waals surface area contributed by atoms with E-state index in [2.05, 4.69) is 13.8 Å². The van der Waals surface area contributed by atoms with Crippen molar-refractivity contribution < 1.29 is 9.53 Å². The number of hydrogen-bond acceptors (Lipinski definition) is 2. The van der Waals surface area contributed by atoms with E-state index in [9.17, 15) is 4.79 Å². The summed E-state index contributed by atoms with van der Waals surface area (Å²) in [5.41, 5.74) is 0. The molecule has 0 aliphatic heterocycles. The van der Waals surface area contributed by atoms with Crippen molar-refractivity contribution in [3.8, 4) is 0 Å². The van der Waals surface area contributed by atoms with Crippen LogP contribution in [0.3, 0.4) is 0 Å². The van der Waals surface area contributed by atoms with Gasteiger partial charge in [-0.2, -0.15) is 0 Å². The third kappa shape index (κ3) is 2.40. The molecule has 0 radical (unpaired) electrons. The lowest BCUT2D eigenvalue weighted by molar-refractivity contribution is -0.138. The molecule has 2 rings (SSSR count). The molecule has 0 bridgehead atoms. The van der Waals surface area contributed by atoms with Crippen molar-refractivity contribution in [2.45, 2.75) is 39.2 Å². The molecule has 2 saturated carbocycles. The number of amides is 1. The van der Waals surface area contributed by atoms with E-state index >= 15 is 0 Å². The van der Waals surface area contributed by atoms with Gasteiger partial charge in [-0.05, 0) is 44.9 Å². The van der Waals surface area contributed by atoms with Gasteiger partial charge in [-0.15, -0.1) is 0 Å². The lowest BCUT2D eigenvalue weighted by atomic mass is 10.0. The molecule has 2 atom stereocenters. The molecule has 2 aliphatic carbocycles. The SMILES string of the molecule is COCCN(C(=O)C1CC2CC2C1)C(C)C. The van der Waals surface area contributed by atoms with Gasteiger partial charge in [0.1, 0.15) is 0 Å². The standard InChI is InChI=1S/C13H23NO2/c1-9(2)14(4-5-16-3)13(15)12-7-10-6-11(10)8-12/h9-12H,4-8H2,1-3H3. The van der Waals surface area contributed by atoms with Gasteiger partial charge in [0.25, 0.3) is 0 Å². The van der Waals surface area contributed by atoms with Crippen LogP contribution in [-0.2, 0) is 9.53 Å². The summed E-state index contributed by atoms with van der Waals surface area (Å²) in [6.07, 6.45) is 3.66. The summed E-state index contributed by atoms with van der Waals surface area (Å²) in [5, 5.41) is 0. The minimum absolute atomic E-state index is 0.291. The fourth-order valence-electron chi connectivity index (χ4n) is 2.96. The smallest absolute Gasteiger partial charge is 0.226 e. The van der Waals surface area contributed by atoms with Crippen LogP contribution in [0, 0.1) is 17.8 Å². The van der Waals surface area contributed by atoms with E-state index in [0.29, 0.717) is 24.5 Å². The van der Waals surface area contributed by atoms with E-state index in [1.54, 1.807) is 7.11 Å². The molecule has 0 aromatic carbocycles. The summed E-state index contributed by atoms with van der Waals surface area (Å²) < 4.78 is 5.07. The molecule has 3 nitrogen and oxygen atoms in total. The summed E-state index contributed by atoms with van der Waals surface area (Å²) >= 11 is 0. The lowest BCUT2D eigenvalue weighted by Crippen LogP contribution is -2.42. The van der Waals surface area contributed by atoms with Gasteiger partial charge in [-0.1, -0.05) is 0 Å². The highest BCUT2D eigenvalue weighted by molar-refractivity contribution is 5.79. The third-order valence-corrected chi connectivity index (χ3v) is 4.04. The molecule has 16 heavy (non-hydrogen) atoms. The highest BCUT2D eigenvalue weighted by atomic mass is 16.5. The van der Waals surface area contributed by atoms with E-state index in [0.717, 1.165) is 31.2 Å². The van der Waals surface area contributed by atoms with Crippen molar-refractivity contribution >= 4 is 5.91 Å². The minimum Gasteiger partial charge on any atom is -0.383 e. The molecule has 0 aromatic heterocycles. The Balaban J connectivity index is 1.88. The van der Waals surface area contributed by atoms with E-state index in [4.69, 9.17) is 4.74 Å². The normalized spacial score (nSPS) is 31.6. The Kier molecular flexibility index (Phi) is 3.53. The Morgan fingerprint density at radius 2 is 1.94 bits per heavy atom. The van der Waals surface area contributed by atoms with Crippen LogP contribution in [0.2, 0.25) is 0 Å². The van der Waals surface area contributed by atoms with Crippen LogP contribution in [-0.4, -0.2) is 37.1 Å². The Hall–Kier alpha value is -0.570. The first-order chi connectivity index (χ1) is 7.63. The fourth-order valence-corrected chi connectivity index (χ4v) is 2.96. The van der Waals surface area contributed by atoms with Crippen molar-refractivity contribution in [1.29, 1.82) is 0 Å². The maximum absolute atomic E-state index is 12.3. The van der Waals surface area contributed by atoms with Crippen molar-refractivity contribution in [2.75, 3.05) is 20.3 Å². The number of methoxy groups -OCH3 is 1. The van der Waals surface area contributed by atoms with Crippen molar-refractivity contribution in [1.82, 2.24) is 4.90 Å². The van der Waals surface area contributed by atoms with Crippen LogP contribution in [0.4, 0.5) is 0 Å². The molecule has 92 valence electrons. The zero-order valence-electron chi connectivity index (χ0n) is 10.6. The Morgan fingerprint density at radius 3 is 2.44 bits per heavy atom. The molecule has 3 heteroatoms. The summed E-state index contributed by atoms with van der Waals surface area (Å²) in [7, 11) is 1.69. The van der Waals surface area contributed by atoms with Crippen molar-refractivity contribution in [3.63, 3.8) is 0 Å². The van der Waals surface area contributed by atoms with Gasteiger partial charge in [0, 0.05) is 25.6 Å². The second-order valence-electron chi connectivity index (χ2n) is 5.54. The predicted octanol–water partition coefficient (Wildman–Crippen LogP) is 1.92. The molecule has 0 saturated heterocycles. The van der Waals surface area contributed by atoms with Crippen molar-refractivity contribution in [3.05, 3.63) is 0 Å². The number of carbonyl (C=O) groups is 1. The van der Waals surface area contributed by atoms with Crippen molar-refractivity contribution in [2.24, 2.45) is 17.8 Å². The molecular weight excluding hydrogens is 202 g/mol. The average Bonchev–Trinajstić information content (AvgIpc) is 2.85. The zero-order chi connectivity index (χ0) is 11.7. The van der Waals surface area contributed by atoms with Crippen LogP contribution < -0.4 is 0 Å². The second kappa shape index (κ2) is 4.74. The summed E-state index contributed by atoms with van der Waals surface area (Å²) in [4.78, 5) is 14.3. The number of nitrogens with zero attached hydrogens (tertiary/aromatic N) is 1. The maximum Gasteiger partial charge on any atom is 0.226 e. The third-order valence-electron chi connectivity index (χ3n) is 4.04. The first kappa shape index (κ1) is 11.9. The maximum atomic E-state index is 12.3. The molecule has 0 spiro atoms. The molecule has 1 amide bonds. The van der Waals surface area contributed by atoms with Crippen LogP contribution in [0.15, 0.2) is 0 Å². The van der Waals surface area contributed by atoms with Gasteiger partial charge in [0.2, 0.25) is 5.91 Å². The van der Waals surface area contributed by atoms with Gasteiger partial charge in [0.15, 0.2) is 0 Å². The van der Waals surface area contributed by atoms with E-state index in [1.165, 1.54) is 6.42 Å². The number of rotatable bonds is 5. The Bertz CT molecular complexity index is 255. The average molecular weight is 225 g/mol. The number of hydrogen-bond donors (Lipinski definition) is 0. The summed E-state index contributed by atoms with van der Waals surface area (Å²) in [5.74, 6) is 2.43. The summed E-state index contributed by atoms with van der Waals surface area (Å²) in [6.45, 7) is 5.55. The highest BCUT2D eigenvalue weighted by Crippen LogP contribution is 2.54. The monoisotopic (exact) mass is 225 g/mol. The van der Waals surface area contributed by atoms with Crippen LogP contribution in [0.5, 0.6) is 0 Å². The minimum atomic E-state index is 0.291. The molecule has 2 fully saturated rings. The van der Waals surface area contributed by atoms with Crippen LogP contribution in [0.25, 0.3) is 0 Å². The van der Waals surface area contributed by atoms with E-state index in [-0.39, 0.29) is 0 Å².